The Morgan fingerprint density at radius 1 is 1.03 bits per heavy atom. The molecule has 0 radical (unpaired) electrons. The Hall–Kier alpha value is -2.45. The van der Waals surface area contributed by atoms with Gasteiger partial charge in [0.2, 0.25) is 5.91 Å². The molecule has 1 aliphatic rings. The van der Waals surface area contributed by atoms with E-state index in [1.807, 2.05) is 30.3 Å². The largest absolute Gasteiger partial charge is 0.497 e. The van der Waals surface area contributed by atoms with Crippen LogP contribution in [-0.4, -0.2) is 39.8 Å². The van der Waals surface area contributed by atoms with E-state index in [2.05, 4.69) is 26.6 Å². The van der Waals surface area contributed by atoms with E-state index >= 15 is 0 Å². The molecule has 2 aromatic carbocycles. The van der Waals surface area contributed by atoms with Crippen molar-refractivity contribution in [1.82, 2.24) is 10.6 Å². The van der Waals surface area contributed by atoms with Crippen LogP contribution in [0.1, 0.15) is 17.5 Å². The lowest BCUT2D eigenvalue weighted by molar-refractivity contribution is -0.120. The van der Waals surface area contributed by atoms with Gasteiger partial charge in [0.05, 0.1) is 31.8 Å². The molecule has 0 aliphatic carbocycles. The molecule has 156 valence electrons. The summed E-state index contributed by atoms with van der Waals surface area (Å²) in [5, 5.41) is 6.10. The minimum absolute atomic E-state index is 0.0460. The quantitative estimate of drug-likeness (QED) is 0.593. The maximum Gasteiger partial charge on any atom is 0.237 e. The first kappa shape index (κ1) is 21.3. The molecule has 1 heterocycles. The van der Waals surface area contributed by atoms with E-state index in [0.717, 1.165) is 22.0 Å². The van der Waals surface area contributed by atoms with Crippen LogP contribution in [0.25, 0.3) is 0 Å². The average molecular weight is 465 g/mol. The standard InChI is InChI=1S/C21H25BrN2O5/c1-26-15-6-14(7-16(10-15)27-2)12-29-20-17(22)8-13(9-19(20)28-3)11-24-18-4-5-23-21(18)25/h6-10,18,24H,4-5,11-12H2,1-3H3,(H,23,25). The first-order valence-corrected chi connectivity index (χ1v) is 10.1. The van der Waals surface area contributed by atoms with Gasteiger partial charge in [0.25, 0.3) is 0 Å². The van der Waals surface area contributed by atoms with Crippen LogP contribution in [0.2, 0.25) is 0 Å². The summed E-state index contributed by atoms with van der Waals surface area (Å²) in [6.07, 6.45) is 0.794. The van der Waals surface area contributed by atoms with Gasteiger partial charge in [-0.05, 0) is 57.7 Å². The average Bonchev–Trinajstić information content (AvgIpc) is 3.15. The first-order chi connectivity index (χ1) is 14.0. The topological polar surface area (TPSA) is 78.1 Å². The van der Waals surface area contributed by atoms with Gasteiger partial charge in [-0.2, -0.15) is 0 Å². The fourth-order valence-electron chi connectivity index (χ4n) is 3.15. The van der Waals surface area contributed by atoms with Crippen LogP contribution in [0.15, 0.2) is 34.8 Å². The number of halogens is 1. The molecule has 1 atom stereocenters. The second kappa shape index (κ2) is 9.84. The molecule has 7 nitrogen and oxygen atoms in total. The second-order valence-electron chi connectivity index (χ2n) is 6.63. The number of hydrogen-bond donors (Lipinski definition) is 2. The van der Waals surface area contributed by atoms with Crippen LogP contribution in [0.4, 0.5) is 0 Å². The van der Waals surface area contributed by atoms with Crippen molar-refractivity contribution >= 4 is 21.8 Å². The molecule has 1 fully saturated rings. The molecular weight excluding hydrogens is 440 g/mol. The number of amides is 1. The van der Waals surface area contributed by atoms with E-state index < -0.39 is 0 Å². The fraction of sp³-hybridized carbons (Fsp3) is 0.381. The van der Waals surface area contributed by atoms with Gasteiger partial charge in [-0.1, -0.05) is 0 Å². The minimum Gasteiger partial charge on any atom is -0.497 e. The number of ether oxygens (including phenoxy) is 4. The molecule has 1 amide bonds. The lowest BCUT2D eigenvalue weighted by Crippen LogP contribution is -2.35. The van der Waals surface area contributed by atoms with Crippen molar-refractivity contribution in [1.29, 1.82) is 0 Å². The van der Waals surface area contributed by atoms with Crippen molar-refractivity contribution in [2.45, 2.75) is 25.6 Å². The van der Waals surface area contributed by atoms with Crippen molar-refractivity contribution in [3.05, 3.63) is 45.9 Å². The van der Waals surface area contributed by atoms with E-state index in [4.69, 9.17) is 18.9 Å². The predicted molar refractivity (Wildman–Crippen MR) is 113 cm³/mol. The van der Waals surface area contributed by atoms with E-state index in [1.165, 1.54) is 0 Å². The van der Waals surface area contributed by atoms with Gasteiger partial charge in [0.1, 0.15) is 18.1 Å². The Morgan fingerprint density at radius 3 is 2.34 bits per heavy atom. The van der Waals surface area contributed by atoms with Crippen LogP contribution in [-0.2, 0) is 17.9 Å². The Kier molecular flexibility index (Phi) is 7.22. The molecule has 1 aliphatic heterocycles. The maximum atomic E-state index is 11.7. The van der Waals surface area contributed by atoms with Gasteiger partial charge in [0, 0.05) is 19.2 Å². The monoisotopic (exact) mass is 464 g/mol. The Morgan fingerprint density at radius 2 is 1.76 bits per heavy atom. The zero-order chi connectivity index (χ0) is 20.8. The summed E-state index contributed by atoms with van der Waals surface area (Å²) in [6.45, 7) is 1.59. The Balaban J connectivity index is 1.71. The highest BCUT2D eigenvalue weighted by Gasteiger charge is 2.23. The lowest BCUT2D eigenvalue weighted by atomic mass is 10.1. The van der Waals surface area contributed by atoms with Crippen LogP contribution >= 0.6 is 15.9 Å². The first-order valence-electron chi connectivity index (χ1n) is 9.26. The van der Waals surface area contributed by atoms with E-state index in [1.54, 1.807) is 21.3 Å². The molecule has 0 bridgehead atoms. The van der Waals surface area contributed by atoms with E-state index in [0.29, 0.717) is 42.7 Å². The summed E-state index contributed by atoms with van der Waals surface area (Å²) >= 11 is 3.57. The van der Waals surface area contributed by atoms with Crippen LogP contribution < -0.4 is 29.6 Å². The third kappa shape index (κ3) is 5.33. The van der Waals surface area contributed by atoms with Crippen molar-refractivity contribution in [3.63, 3.8) is 0 Å². The number of carbonyl (C=O) groups excluding carboxylic acids is 1. The maximum absolute atomic E-state index is 11.7. The third-order valence-corrected chi connectivity index (χ3v) is 5.27. The molecule has 0 saturated carbocycles. The van der Waals surface area contributed by atoms with Crippen molar-refractivity contribution in [2.24, 2.45) is 0 Å². The Labute approximate surface area is 178 Å². The highest BCUT2D eigenvalue weighted by atomic mass is 79.9. The fourth-order valence-corrected chi connectivity index (χ4v) is 3.75. The van der Waals surface area contributed by atoms with Gasteiger partial charge < -0.3 is 29.6 Å². The number of nitrogens with one attached hydrogen (secondary N) is 2. The molecule has 2 aromatic rings. The van der Waals surface area contributed by atoms with Gasteiger partial charge in [-0.25, -0.2) is 0 Å². The molecule has 1 saturated heterocycles. The van der Waals surface area contributed by atoms with E-state index in [-0.39, 0.29) is 11.9 Å². The van der Waals surface area contributed by atoms with Gasteiger partial charge >= 0.3 is 0 Å². The van der Waals surface area contributed by atoms with Crippen LogP contribution in [0.3, 0.4) is 0 Å². The normalized spacial score (nSPS) is 15.7. The Bertz CT molecular complexity index is 852. The van der Waals surface area contributed by atoms with Crippen molar-refractivity contribution < 1.29 is 23.7 Å². The molecule has 3 rings (SSSR count). The number of benzene rings is 2. The summed E-state index contributed by atoms with van der Waals surface area (Å²) in [4.78, 5) is 11.7. The minimum atomic E-state index is -0.154. The van der Waals surface area contributed by atoms with E-state index in [9.17, 15) is 4.79 Å². The van der Waals surface area contributed by atoms with Gasteiger partial charge in [0.15, 0.2) is 11.5 Å². The molecular formula is C21H25BrN2O5. The van der Waals surface area contributed by atoms with Crippen LogP contribution in [0.5, 0.6) is 23.0 Å². The predicted octanol–water partition coefficient (Wildman–Crippen LogP) is 3.03. The molecule has 0 spiro atoms. The summed E-state index contributed by atoms with van der Waals surface area (Å²) < 4.78 is 22.9. The molecule has 1 unspecified atom stereocenters. The second-order valence-corrected chi connectivity index (χ2v) is 7.49. The van der Waals surface area contributed by atoms with Crippen molar-refractivity contribution in [2.75, 3.05) is 27.9 Å². The number of hydrogen-bond acceptors (Lipinski definition) is 6. The number of carbonyl (C=O) groups is 1. The van der Waals surface area contributed by atoms with Gasteiger partial charge in [-0.3, -0.25) is 4.79 Å². The third-order valence-electron chi connectivity index (χ3n) is 4.68. The number of rotatable bonds is 9. The summed E-state index contributed by atoms with van der Waals surface area (Å²) in [7, 11) is 4.83. The molecule has 2 N–H and O–H groups in total. The highest BCUT2D eigenvalue weighted by molar-refractivity contribution is 9.10. The van der Waals surface area contributed by atoms with Gasteiger partial charge in [-0.15, -0.1) is 0 Å². The van der Waals surface area contributed by atoms with Crippen molar-refractivity contribution in [3.8, 4) is 23.0 Å². The summed E-state index contributed by atoms with van der Waals surface area (Å²) in [5.74, 6) is 2.67. The SMILES string of the molecule is COc1cc(COc2c(Br)cc(CNC3CCNC3=O)cc2OC)cc(OC)c1. The smallest absolute Gasteiger partial charge is 0.237 e. The molecule has 8 heteroatoms. The molecule has 29 heavy (non-hydrogen) atoms. The highest BCUT2D eigenvalue weighted by Crippen LogP contribution is 2.37. The zero-order valence-corrected chi connectivity index (χ0v) is 18.3. The molecule has 0 aromatic heterocycles. The number of methoxy groups -OCH3 is 3. The van der Waals surface area contributed by atoms with Crippen LogP contribution in [0, 0.1) is 0 Å². The lowest BCUT2D eigenvalue weighted by Gasteiger charge is -2.16. The summed E-state index contributed by atoms with van der Waals surface area (Å²) in [5.41, 5.74) is 1.90. The summed E-state index contributed by atoms with van der Waals surface area (Å²) in [6, 6.07) is 9.32. The zero-order valence-electron chi connectivity index (χ0n) is 16.7.